The first-order valence-corrected chi connectivity index (χ1v) is 17.0. The topological polar surface area (TPSA) is 0 Å². The Morgan fingerprint density at radius 2 is 1.63 bits per heavy atom. The van der Waals surface area contributed by atoms with Crippen LogP contribution in [0.1, 0.15) is 27.5 Å². The number of thioether (sulfide) groups is 1. The monoisotopic (exact) mass is 607 g/mol. The van der Waals surface area contributed by atoms with Crippen LogP contribution in [-0.2, 0) is 40.8 Å². The van der Waals surface area contributed by atoms with E-state index in [0.717, 1.165) is 6.42 Å². The van der Waals surface area contributed by atoms with Gasteiger partial charge in [0.25, 0.3) is 0 Å². The van der Waals surface area contributed by atoms with Crippen LogP contribution in [0.5, 0.6) is 0 Å². The van der Waals surface area contributed by atoms with Gasteiger partial charge in [-0.1, -0.05) is 41.0 Å². The van der Waals surface area contributed by atoms with Gasteiger partial charge < -0.3 is 13.5 Å². The van der Waals surface area contributed by atoms with Crippen molar-refractivity contribution in [2.75, 3.05) is 0 Å². The smallest absolute Gasteiger partial charge is 0.0454 e. The summed E-state index contributed by atoms with van der Waals surface area (Å²) in [6, 6.07) is 27.6. The Morgan fingerprint density at radius 3 is 2.47 bits per heavy atom. The molecule has 152 valence electrons. The molecular weight excluding hydrogens is 594 g/mol. The summed E-state index contributed by atoms with van der Waals surface area (Å²) in [5.41, 5.74) is 9.54. The third-order valence-corrected chi connectivity index (χ3v) is 6.83. The summed E-state index contributed by atoms with van der Waals surface area (Å²) < 4.78 is 1.23. The van der Waals surface area contributed by atoms with Crippen molar-refractivity contribution in [3.05, 3.63) is 111 Å². The van der Waals surface area contributed by atoms with Gasteiger partial charge in [-0.05, 0) is 28.4 Å². The first-order chi connectivity index (χ1) is 14.2. The molecule has 3 aromatic carbocycles. The second-order valence-electron chi connectivity index (χ2n) is 6.61. The summed E-state index contributed by atoms with van der Waals surface area (Å²) in [6.45, 7) is 0. The molecule has 1 aliphatic heterocycles. The average Bonchev–Trinajstić information content (AvgIpc) is 3.39. The first kappa shape index (κ1) is 24.4. The Hall–Kier alpha value is -0.217. The fraction of sp³-hybridized carbons (Fsp3) is 0.0833. The van der Waals surface area contributed by atoms with Gasteiger partial charge in [-0.25, -0.2) is 0 Å². The summed E-state index contributed by atoms with van der Waals surface area (Å²) in [4.78, 5) is 0. The molecule has 0 N–H and O–H groups in total. The van der Waals surface area contributed by atoms with Crippen molar-refractivity contribution in [1.82, 2.24) is 0 Å². The Morgan fingerprint density at radius 1 is 0.933 bits per heavy atom. The number of thiol groups is 1. The van der Waals surface area contributed by atoms with E-state index in [2.05, 4.69) is 88.7 Å². The van der Waals surface area contributed by atoms with Crippen molar-refractivity contribution in [2.45, 2.75) is 11.7 Å². The van der Waals surface area contributed by atoms with E-state index >= 15 is 0 Å². The minimum atomic E-state index is -0.826. The average molecular weight is 611 g/mol. The molecule has 0 saturated carbocycles. The van der Waals surface area contributed by atoms with Gasteiger partial charge in [-0.3, -0.25) is 0 Å². The van der Waals surface area contributed by atoms with E-state index in [1.54, 1.807) is 0 Å². The van der Waals surface area contributed by atoms with Gasteiger partial charge in [0.1, 0.15) is 0 Å². The zero-order valence-corrected chi connectivity index (χ0v) is 23.0. The van der Waals surface area contributed by atoms with Crippen molar-refractivity contribution in [2.24, 2.45) is 0 Å². The summed E-state index contributed by atoms with van der Waals surface area (Å²) in [5, 5.41) is 0.516. The number of fused-ring (bicyclic) bond motifs is 6. The predicted octanol–water partition coefficient (Wildman–Crippen LogP) is 8.07. The standard InChI is InChI=1S/C13H9.C11H6BrS.2ClH.H2S.Zr/c1-3-7-12-10(5-1)9-11-6-2-4-8-13(11)12;12-10-6-8-5-7-3-1-2-4-9(7)11(8)13-10;;;;/h1-7H,9H2;1-2,4-6,11H;2*1H;1H2;/q2*-1;;;;+2/p-3. The van der Waals surface area contributed by atoms with Crippen molar-refractivity contribution in [3.63, 3.8) is 0 Å². The van der Waals surface area contributed by atoms with Gasteiger partial charge >= 0.3 is 37.9 Å². The molecule has 1 heterocycles. The van der Waals surface area contributed by atoms with E-state index in [4.69, 9.17) is 17.0 Å². The number of halogens is 3. The zero-order valence-electron chi connectivity index (χ0n) is 15.7. The molecule has 0 aromatic heterocycles. The van der Waals surface area contributed by atoms with E-state index in [1.807, 2.05) is 23.9 Å². The molecule has 0 radical (unpaired) electrons. The van der Waals surface area contributed by atoms with E-state index < -0.39 is 20.8 Å². The second kappa shape index (κ2) is 11.6. The third kappa shape index (κ3) is 5.39. The normalized spacial score (nSPS) is 16.0. The number of hydrogen-bond donors (Lipinski definition) is 0. The van der Waals surface area contributed by atoms with Gasteiger partial charge in [0.2, 0.25) is 0 Å². The maximum absolute atomic E-state index is 4.93. The number of hydrogen-bond acceptors (Lipinski definition) is 2. The van der Waals surface area contributed by atoms with Crippen LogP contribution in [0, 0.1) is 12.1 Å². The molecule has 0 spiro atoms. The summed E-state index contributed by atoms with van der Waals surface area (Å²) >= 11 is 4.56. The van der Waals surface area contributed by atoms with Gasteiger partial charge in [0.15, 0.2) is 0 Å². The molecule has 1 unspecified atom stereocenters. The molecular formula is C24H16BrCl2S2Zr-3. The largest absolute Gasteiger partial charge is 0.813 e. The van der Waals surface area contributed by atoms with Crippen molar-refractivity contribution in [1.29, 1.82) is 0 Å². The number of rotatable bonds is 0. The minimum absolute atomic E-state index is 0. The molecule has 0 saturated heterocycles. The van der Waals surface area contributed by atoms with Crippen LogP contribution in [0.2, 0.25) is 0 Å². The molecule has 0 bridgehead atoms. The van der Waals surface area contributed by atoms with Crippen molar-refractivity contribution in [3.8, 4) is 11.1 Å². The molecule has 2 aliphatic carbocycles. The van der Waals surface area contributed by atoms with Crippen LogP contribution in [-0.4, -0.2) is 0 Å². The molecule has 30 heavy (non-hydrogen) atoms. The molecule has 3 aromatic rings. The maximum atomic E-state index is 4.93. The Balaban J connectivity index is 0.000000147. The van der Waals surface area contributed by atoms with E-state index in [-0.39, 0.29) is 13.5 Å². The fourth-order valence-corrected chi connectivity index (χ4v) is 5.62. The SMILES string of the molecule is BrC1=CC2=Cc3[c-]cccc3C2S1.[Cl][Zr][Cl].[SH-].[c-]1cccc2c1-c1ccccc1C2. The molecule has 0 fully saturated rings. The molecule has 6 heteroatoms. The number of benzene rings is 3. The predicted molar refractivity (Wildman–Crippen MR) is 135 cm³/mol. The van der Waals surface area contributed by atoms with Gasteiger partial charge in [-0.2, -0.15) is 0 Å². The summed E-state index contributed by atoms with van der Waals surface area (Å²) in [6.07, 6.45) is 5.49. The van der Waals surface area contributed by atoms with E-state index in [9.17, 15) is 0 Å². The van der Waals surface area contributed by atoms with Crippen molar-refractivity contribution >= 4 is 64.3 Å². The third-order valence-electron chi connectivity index (χ3n) is 4.94. The molecule has 0 nitrogen and oxygen atoms in total. The van der Waals surface area contributed by atoms with Crippen molar-refractivity contribution < 1.29 is 20.8 Å². The van der Waals surface area contributed by atoms with Crippen LogP contribution >= 0.6 is 44.7 Å². The van der Waals surface area contributed by atoms with Gasteiger partial charge in [0, 0.05) is 9.06 Å². The van der Waals surface area contributed by atoms with E-state index in [0.29, 0.717) is 5.25 Å². The van der Waals surface area contributed by atoms with Crippen LogP contribution in [0.25, 0.3) is 17.2 Å². The number of allylic oxidation sites excluding steroid dienone is 1. The van der Waals surface area contributed by atoms with Gasteiger partial charge in [-0.15, -0.1) is 88.6 Å². The quantitative estimate of drug-likeness (QED) is 0.112. The minimum Gasteiger partial charge on any atom is -0.813 e. The Bertz CT molecular complexity index is 1050. The Labute approximate surface area is 216 Å². The van der Waals surface area contributed by atoms with Crippen LogP contribution in [0.4, 0.5) is 0 Å². The van der Waals surface area contributed by atoms with Crippen LogP contribution < -0.4 is 0 Å². The molecule has 6 rings (SSSR count). The van der Waals surface area contributed by atoms with Gasteiger partial charge in [0.05, 0.1) is 0 Å². The van der Waals surface area contributed by atoms with E-state index in [1.165, 1.54) is 42.8 Å². The fourth-order valence-electron chi connectivity index (χ4n) is 3.76. The maximum Gasteiger partial charge on any atom is -0.0454 e. The second-order valence-corrected chi connectivity index (χ2v) is 12.9. The van der Waals surface area contributed by atoms with Crippen LogP contribution in [0.15, 0.2) is 76.1 Å². The molecule has 0 amide bonds. The van der Waals surface area contributed by atoms with Crippen LogP contribution in [0.3, 0.4) is 0 Å². The summed E-state index contributed by atoms with van der Waals surface area (Å²) in [7, 11) is 9.87. The first-order valence-electron chi connectivity index (χ1n) is 9.01. The molecule has 3 aliphatic rings. The zero-order chi connectivity index (χ0) is 20.2. The molecule has 1 atom stereocenters. The summed E-state index contributed by atoms with van der Waals surface area (Å²) in [5.74, 6) is 0. The Kier molecular flexibility index (Phi) is 9.44.